The van der Waals surface area contributed by atoms with Gasteiger partial charge in [-0.1, -0.05) is 127 Å². The van der Waals surface area contributed by atoms with Crippen LogP contribution in [0.1, 0.15) is 0 Å². The summed E-state index contributed by atoms with van der Waals surface area (Å²) in [5, 5.41) is 6.13. The van der Waals surface area contributed by atoms with Gasteiger partial charge in [-0.05, 0) is 90.0 Å². The molecule has 1 heterocycles. The Bertz CT molecular complexity index is 2320. The molecule has 194 valence electrons. The van der Waals surface area contributed by atoms with Crippen LogP contribution in [0.4, 0.5) is 0 Å². The maximum absolute atomic E-state index is 4.80. The minimum atomic E-state index is 1.06. The van der Waals surface area contributed by atoms with E-state index in [0.29, 0.717) is 0 Å². The van der Waals surface area contributed by atoms with Crippen LogP contribution in [-0.2, 0) is 0 Å². The van der Waals surface area contributed by atoms with Gasteiger partial charge >= 0.3 is 0 Å². The molecule has 8 aromatic rings. The van der Waals surface area contributed by atoms with E-state index in [1.165, 1.54) is 82.6 Å². The number of hydrogen-bond acceptors (Lipinski definition) is 1. The summed E-state index contributed by atoms with van der Waals surface area (Å²) in [6.07, 6.45) is 1.90. The second kappa shape index (κ2) is 8.99. The lowest BCUT2D eigenvalue weighted by Gasteiger charge is -2.23. The van der Waals surface area contributed by atoms with Gasteiger partial charge in [-0.25, -0.2) is 0 Å². The third-order valence-corrected chi connectivity index (χ3v) is 8.88. The smallest absolute Gasteiger partial charge is 0.0786 e. The fraction of sp³-hybridized carbons (Fsp3) is 0. The molecule has 0 radical (unpaired) electrons. The third-order valence-electron chi connectivity index (χ3n) is 8.88. The topological polar surface area (TPSA) is 12.9 Å². The lowest BCUT2D eigenvalue weighted by Crippen LogP contribution is -1.97. The lowest BCUT2D eigenvalue weighted by atomic mass is 9.80. The monoisotopic (exact) mass is 531 g/mol. The number of benzene rings is 7. The van der Waals surface area contributed by atoms with E-state index in [4.69, 9.17) is 4.98 Å². The number of fused-ring (bicyclic) bond motifs is 14. The predicted octanol–water partition coefficient (Wildman–Crippen LogP) is 11.2. The van der Waals surface area contributed by atoms with Crippen molar-refractivity contribution in [3.63, 3.8) is 0 Å². The van der Waals surface area contributed by atoms with Gasteiger partial charge in [-0.2, -0.15) is 0 Å². The molecule has 0 N–H and O–H groups in total. The number of aromatic nitrogens is 1. The molecule has 0 amide bonds. The SMILES string of the molecule is c1ccc2c(c1)-c1ccccc1-c1ccc(-c3ccc4c5ccccc5c5ncccc5c4c3)cc1-c1ccccc1-2. The quantitative estimate of drug-likeness (QED) is 0.192. The summed E-state index contributed by atoms with van der Waals surface area (Å²) in [5.41, 5.74) is 13.6. The molecule has 0 saturated carbocycles. The third kappa shape index (κ3) is 3.34. The van der Waals surface area contributed by atoms with Gasteiger partial charge in [0.15, 0.2) is 0 Å². The highest BCUT2D eigenvalue weighted by Crippen LogP contribution is 2.48. The van der Waals surface area contributed by atoms with Crippen molar-refractivity contribution in [1.29, 1.82) is 0 Å². The molecule has 1 nitrogen and oxygen atoms in total. The molecule has 0 aliphatic heterocycles. The zero-order valence-corrected chi connectivity index (χ0v) is 22.9. The molecular weight excluding hydrogens is 506 g/mol. The molecule has 0 unspecified atom stereocenters. The van der Waals surface area contributed by atoms with Crippen molar-refractivity contribution < 1.29 is 0 Å². The Morgan fingerprint density at radius 2 is 0.714 bits per heavy atom. The molecule has 0 saturated heterocycles. The van der Waals surface area contributed by atoms with Crippen LogP contribution < -0.4 is 0 Å². The first-order chi connectivity index (χ1) is 20.8. The highest BCUT2D eigenvalue weighted by atomic mass is 14.6. The van der Waals surface area contributed by atoms with Gasteiger partial charge in [0.1, 0.15) is 0 Å². The van der Waals surface area contributed by atoms with Gasteiger partial charge in [-0.3, -0.25) is 4.98 Å². The normalized spacial score (nSPS) is 11.8. The van der Waals surface area contributed by atoms with Gasteiger partial charge < -0.3 is 0 Å². The summed E-state index contributed by atoms with van der Waals surface area (Å²) < 4.78 is 0. The molecule has 9 rings (SSSR count). The molecule has 0 fully saturated rings. The number of rotatable bonds is 1. The van der Waals surface area contributed by atoms with E-state index in [2.05, 4.69) is 140 Å². The minimum Gasteiger partial charge on any atom is -0.256 e. The van der Waals surface area contributed by atoms with Crippen LogP contribution in [0, 0.1) is 0 Å². The van der Waals surface area contributed by atoms with Crippen molar-refractivity contribution >= 4 is 32.4 Å². The summed E-state index contributed by atoms with van der Waals surface area (Å²) in [7, 11) is 0. The van der Waals surface area contributed by atoms with Crippen LogP contribution in [-0.4, -0.2) is 4.98 Å². The Balaban J connectivity index is 1.33. The van der Waals surface area contributed by atoms with Crippen LogP contribution in [0.25, 0.3) is 88.1 Å². The van der Waals surface area contributed by atoms with Crippen LogP contribution in [0.15, 0.2) is 152 Å². The maximum Gasteiger partial charge on any atom is 0.0786 e. The second-order valence-electron chi connectivity index (χ2n) is 11.1. The van der Waals surface area contributed by atoms with Gasteiger partial charge in [0.25, 0.3) is 0 Å². The van der Waals surface area contributed by atoms with E-state index < -0.39 is 0 Å². The fourth-order valence-corrected chi connectivity index (χ4v) is 6.98. The maximum atomic E-state index is 4.80. The van der Waals surface area contributed by atoms with Crippen molar-refractivity contribution in [2.75, 3.05) is 0 Å². The average Bonchev–Trinajstić information content (AvgIpc) is 3.07. The molecule has 1 aliphatic carbocycles. The molecule has 0 atom stereocenters. The summed E-state index contributed by atoms with van der Waals surface area (Å²) in [6, 6.07) is 53.2. The first-order valence-electron chi connectivity index (χ1n) is 14.5. The highest BCUT2D eigenvalue weighted by Gasteiger charge is 2.22. The molecule has 7 aromatic carbocycles. The standard InChI is InChI=1S/C41H25N/c1-2-11-29-28(10-1)30-12-3-4-14-32(30)35-21-19-26(24-39(35)34-16-6-5-13-31(29)34)27-20-22-36-33-15-7-8-17-37(33)41-38(40(36)25-27)18-9-23-42-41/h1-25H. The van der Waals surface area contributed by atoms with Gasteiger partial charge in [0, 0.05) is 17.0 Å². The highest BCUT2D eigenvalue weighted by molar-refractivity contribution is 6.24. The largest absolute Gasteiger partial charge is 0.256 e. The predicted molar refractivity (Wildman–Crippen MR) is 177 cm³/mol. The van der Waals surface area contributed by atoms with Gasteiger partial charge in [-0.15, -0.1) is 0 Å². The average molecular weight is 532 g/mol. The van der Waals surface area contributed by atoms with Crippen molar-refractivity contribution in [2.45, 2.75) is 0 Å². The first-order valence-corrected chi connectivity index (χ1v) is 14.5. The van der Waals surface area contributed by atoms with E-state index in [9.17, 15) is 0 Å². The minimum absolute atomic E-state index is 1.06. The Kier molecular flexibility index (Phi) is 4.97. The molecule has 1 aromatic heterocycles. The first kappa shape index (κ1) is 23.2. The van der Waals surface area contributed by atoms with Crippen LogP contribution in [0.2, 0.25) is 0 Å². The molecule has 0 bridgehead atoms. The van der Waals surface area contributed by atoms with E-state index >= 15 is 0 Å². The Morgan fingerprint density at radius 3 is 1.36 bits per heavy atom. The van der Waals surface area contributed by atoms with Crippen LogP contribution in [0.3, 0.4) is 0 Å². The second-order valence-corrected chi connectivity index (χ2v) is 11.1. The summed E-state index contributed by atoms with van der Waals surface area (Å²) in [6.45, 7) is 0. The summed E-state index contributed by atoms with van der Waals surface area (Å²) in [5.74, 6) is 0. The van der Waals surface area contributed by atoms with E-state index in [0.717, 1.165) is 5.52 Å². The van der Waals surface area contributed by atoms with E-state index in [1.54, 1.807) is 0 Å². The number of hydrogen-bond donors (Lipinski definition) is 0. The molecule has 1 heteroatoms. The zero-order valence-electron chi connectivity index (χ0n) is 22.9. The molecule has 1 aliphatic rings. The van der Waals surface area contributed by atoms with Crippen molar-refractivity contribution in [1.82, 2.24) is 4.98 Å². The molecular formula is C41H25N. The van der Waals surface area contributed by atoms with E-state index in [1.807, 2.05) is 12.3 Å². The zero-order chi connectivity index (χ0) is 27.6. The number of nitrogens with zero attached hydrogens (tertiary/aromatic N) is 1. The van der Waals surface area contributed by atoms with Gasteiger partial charge in [0.05, 0.1) is 5.52 Å². The van der Waals surface area contributed by atoms with E-state index in [-0.39, 0.29) is 0 Å². The van der Waals surface area contributed by atoms with Crippen LogP contribution in [0.5, 0.6) is 0 Å². The Hall–Kier alpha value is -5.53. The number of pyridine rings is 1. The van der Waals surface area contributed by atoms with Crippen LogP contribution >= 0.6 is 0 Å². The lowest BCUT2D eigenvalue weighted by molar-refractivity contribution is 1.43. The van der Waals surface area contributed by atoms with Crippen molar-refractivity contribution in [3.8, 4) is 55.6 Å². The van der Waals surface area contributed by atoms with Gasteiger partial charge in [0.2, 0.25) is 0 Å². The molecule has 0 spiro atoms. The fourth-order valence-electron chi connectivity index (χ4n) is 6.98. The summed E-state index contributed by atoms with van der Waals surface area (Å²) >= 11 is 0. The van der Waals surface area contributed by atoms with Crippen molar-refractivity contribution in [3.05, 3.63) is 152 Å². The molecule has 42 heavy (non-hydrogen) atoms. The summed E-state index contributed by atoms with van der Waals surface area (Å²) in [4.78, 5) is 4.80. The Morgan fingerprint density at radius 1 is 0.286 bits per heavy atom. The Labute approximate surface area is 244 Å². The van der Waals surface area contributed by atoms with Crippen molar-refractivity contribution in [2.24, 2.45) is 0 Å².